The van der Waals surface area contributed by atoms with Gasteiger partial charge in [0.25, 0.3) is 0 Å². The highest BCUT2D eigenvalue weighted by atomic mass is 28.3. The average Bonchev–Trinajstić information content (AvgIpc) is 3.10. The van der Waals surface area contributed by atoms with Gasteiger partial charge < -0.3 is 0 Å². The lowest BCUT2D eigenvalue weighted by molar-refractivity contribution is 0.851. The van der Waals surface area contributed by atoms with Gasteiger partial charge >= 0.3 is 0 Å². The fourth-order valence-electron chi connectivity index (χ4n) is 9.53. The molecule has 3 aromatic rings. The molecular formula is C42H64Si4. The topological polar surface area (TPSA) is 0 Å². The lowest BCUT2D eigenvalue weighted by Gasteiger charge is -2.48. The van der Waals surface area contributed by atoms with Crippen LogP contribution in [0.15, 0.2) is 58.3 Å². The van der Waals surface area contributed by atoms with Crippen molar-refractivity contribution in [3.05, 3.63) is 91.7 Å². The molecule has 0 saturated heterocycles. The van der Waals surface area contributed by atoms with Crippen LogP contribution in [0.4, 0.5) is 0 Å². The van der Waals surface area contributed by atoms with Crippen LogP contribution in [-0.2, 0) is 0 Å². The number of hydrogen-bond acceptors (Lipinski definition) is 0. The molecule has 0 aromatic heterocycles. The molecule has 4 rings (SSSR count). The minimum absolute atomic E-state index is 0.407. The molecule has 1 atom stereocenters. The fraction of sp³-hybridized carbons (Fsp3) is 0.476. The van der Waals surface area contributed by atoms with Crippen molar-refractivity contribution >= 4 is 63.4 Å². The van der Waals surface area contributed by atoms with Crippen molar-refractivity contribution in [2.24, 2.45) is 5.92 Å². The van der Waals surface area contributed by atoms with E-state index in [4.69, 9.17) is 0 Å². The molecule has 46 heavy (non-hydrogen) atoms. The summed E-state index contributed by atoms with van der Waals surface area (Å²) in [5, 5.41) is 12.2. The normalized spacial score (nSPS) is 16.6. The number of hydrogen-bond donors (Lipinski definition) is 0. The zero-order valence-electron chi connectivity index (χ0n) is 33.0. The van der Waals surface area contributed by atoms with Crippen LogP contribution in [0.25, 0.3) is 0 Å². The van der Waals surface area contributed by atoms with E-state index in [1.807, 2.05) is 0 Å². The molecule has 0 aliphatic heterocycles. The molecule has 0 bridgehead atoms. The maximum Gasteiger partial charge on any atom is 0.176 e. The Kier molecular flexibility index (Phi) is 9.74. The second-order valence-electron chi connectivity index (χ2n) is 17.9. The minimum atomic E-state index is -2.95. The average molecular weight is 681 g/mol. The Hall–Kier alpha value is -1.99. The Morgan fingerprint density at radius 3 is 0.804 bits per heavy atom. The van der Waals surface area contributed by atoms with E-state index in [2.05, 4.69) is 165 Å². The van der Waals surface area contributed by atoms with Gasteiger partial charge in [0.1, 0.15) is 0 Å². The van der Waals surface area contributed by atoms with Crippen LogP contribution in [0.2, 0.25) is 58.9 Å². The quantitative estimate of drug-likeness (QED) is 0.174. The molecule has 0 radical (unpaired) electrons. The van der Waals surface area contributed by atoms with Gasteiger partial charge in [0, 0.05) is 0 Å². The van der Waals surface area contributed by atoms with Gasteiger partial charge in [-0.15, -0.1) is 0 Å². The van der Waals surface area contributed by atoms with E-state index in [0.29, 0.717) is 5.92 Å². The van der Waals surface area contributed by atoms with E-state index in [0.717, 1.165) is 0 Å². The highest BCUT2D eigenvalue weighted by Crippen LogP contribution is 2.42. The Labute approximate surface area is 287 Å². The SMILES string of the molecule is CC1=C(C)C(C)C([Si](c2c(C)ccc(C)c2[Si](C)(C)C)(c2c(C)ccc(C)c2[Si](C)(C)C)c2c(C)ccc(C)c2[Si](C)(C)C)=C1C. The molecule has 4 heteroatoms. The molecular weight excluding hydrogens is 617 g/mol. The maximum absolute atomic E-state index is 2.95. The van der Waals surface area contributed by atoms with E-state index >= 15 is 0 Å². The first-order chi connectivity index (χ1) is 20.9. The number of benzene rings is 3. The second-order valence-corrected chi connectivity index (χ2v) is 36.5. The molecule has 3 aromatic carbocycles. The highest BCUT2D eigenvalue weighted by Gasteiger charge is 2.55. The molecule has 0 fully saturated rings. The van der Waals surface area contributed by atoms with Crippen LogP contribution in [-0.4, -0.2) is 32.3 Å². The van der Waals surface area contributed by atoms with E-state index < -0.39 is 32.3 Å². The molecule has 0 spiro atoms. The van der Waals surface area contributed by atoms with Gasteiger partial charge in [0.05, 0.1) is 24.2 Å². The third kappa shape index (κ3) is 5.73. The number of allylic oxidation sites excluding steroid dienone is 4. The summed E-state index contributed by atoms with van der Waals surface area (Å²) in [6, 6.07) is 14.8. The van der Waals surface area contributed by atoms with E-state index in [-0.39, 0.29) is 0 Å². The third-order valence-corrected chi connectivity index (χ3v) is 24.3. The fourth-order valence-corrected chi connectivity index (χ4v) is 28.1. The zero-order valence-corrected chi connectivity index (χ0v) is 37.0. The van der Waals surface area contributed by atoms with E-state index in [9.17, 15) is 0 Å². The van der Waals surface area contributed by atoms with Crippen molar-refractivity contribution in [2.45, 2.75) is 128 Å². The smallest absolute Gasteiger partial charge is 0.0656 e. The van der Waals surface area contributed by atoms with Crippen molar-refractivity contribution in [3.8, 4) is 0 Å². The maximum atomic E-state index is 2.61. The largest absolute Gasteiger partial charge is 0.176 e. The predicted molar refractivity (Wildman–Crippen MR) is 222 cm³/mol. The summed E-state index contributed by atoms with van der Waals surface area (Å²) in [6.45, 7) is 48.1. The molecule has 248 valence electrons. The van der Waals surface area contributed by atoms with Gasteiger partial charge in [-0.3, -0.25) is 0 Å². The summed E-state index contributed by atoms with van der Waals surface area (Å²) >= 11 is 0. The zero-order chi connectivity index (χ0) is 35.1. The monoisotopic (exact) mass is 680 g/mol. The standard InChI is InChI=1S/C42H64Si4/c1-26-20-23-29(4)39(36(26)43(11,12)13)46(42-34(9)32(7)33(8)35(42)10,40-30(5)24-21-27(2)37(40)44(14,15)16)41-31(6)25-22-28(3)38(41)45(17,18)19/h20-25,34H,1-19H3. The highest BCUT2D eigenvalue weighted by molar-refractivity contribution is 7.23. The molecule has 0 nitrogen and oxygen atoms in total. The number of aryl methyl sites for hydroxylation is 6. The third-order valence-electron chi connectivity index (χ3n) is 11.3. The van der Waals surface area contributed by atoms with Crippen molar-refractivity contribution in [3.63, 3.8) is 0 Å². The molecule has 1 unspecified atom stereocenters. The minimum Gasteiger partial charge on any atom is -0.0656 e. The Balaban J connectivity index is 2.66. The van der Waals surface area contributed by atoms with Gasteiger partial charge in [-0.1, -0.05) is 168 Å². The molecule has 0 saturated carbocycles. The first-order valence-electron chi connectivity index (χ1n) is 17.6. The van der Waals surface area contributed by atoms with E-state index in [1.165, 1.54) is 39.0 Å². The van der Waals surface area contributed by atoms with Crippen LogP contribution >= 0.6 is 0 Å². The van der Waals surface area contributed by atoms with Crippen LogP contribution in [0.5, 0.6) is 0 Å². The van der Waals surface area contributed by atoms with Crippen molar-refractivity contribution in [1.82, 2.24) is 0 Å². The Morgan fingerprint density at radius 1 is 0.370 bits per heavy atom. The van der Waals surface area contributed by atoms with Crippen LogP contribution < -0.4 is 31.1 Å². The lowest BCUT2D eigenvalue weighted by Crippen LogP contribution is -2.83. The first-order valence-corrected chi connectivity index (χ1v) is 30.1. The summed E-state index contributed by atoms with van der Waals surface area (Å²) in [5.74, 6) is 0.407. The summed E-state index contributed by atoms with van der Waals surface area (Å²) in [6.07, 6.45) is 0. The molecule has 0 N–H and O–H groups in total. The second kappa shape index (κ2) is 12.2. The first kappa shape index (κ1) is 36.8. The van der Waals surface area contributed by atoms with Crippen LogP contribution in [0.1, 0.15) is 61.1 Å². The van der Waals surface area contributed by atoms with E-state index in [1.54, 1.807) is 47.5 Å². The van der Waals surface area contributed by atoms with Crippen LogP contribution in [0.3, 0.4) is 0 Å². The summed E-state index contributed by atoms with van der Waals surface area (Å²) in [4.78, 5) is 0. The molecule has 0 heterocycles. The van der Waals surface area contributed by atoms with Gasteiger partial charge in [-0.05, 0) is 89.4 Å². The van der Waals surface area contributed by atoms with Crippen molar-refractivity contribution < 1.29 is 0 Å². The van der Waals surface area contributed by atoms with Gasteiger partial charge in [-0.25, -0.2) is 0 Å². The predicted octanol–water partition coefficient (Wildman–Crippen LogP) is 8.48. The van der Waals surface area contributed by atoms with Crippen molar-refractivity contribution in [1.29, 1.82) is 0 Å². The Morgan fingerprint density at radius 2 is 0.609 bits per heavy atom. The van der Waals surface area contributed by atoms with Crippen molar-refractivity contribution in [2.75, 3.05) is 0 Å². The summed E-state index contributed by atoms with van der Waals surface area (Å²) < 4.78 is 0. The molecule has 1 aliphatic rings. The van der Waals surface area contributed by atoms with Gasteiger partial charge in [0.15, 0.2) is 8.07 Å². The number of rotatable bonds is 7. The van der Waals surface area contributed by atoms with Crippen LogP contribution in [0, 0.1) is 47.5 Å². The molecule has 0 amide bonds. The summed E-state index contributed by atoms with van der Waals surface area (Å²) in [5.41, 5.74) is 13.7. The lowest BCUT2D eigenvalue weighted by atomic mass is 10.1. The summed E-state index contributed by atoms with van der Waals surface area (Å²) in [7, 11) is -8.43. The van der Waals surface area contributed by atoms with Gasteiger partial charge in [-0.2, -0.15) is 0 Å². The Bertz CT molecular complexity index is 1610. The van der Waals surface area contributed by atoms with Gasteiger partial charge in [0.2, 0.25) is 0 Å². The molecule has 1 aliphatic carbocycles.